The van der Waals surface area contributed by atoms with Crippen LogP contribution >= 0.6 is 12.2 Å². The van der Waals surface area contributed by atoms with Gasteiger partial charge in [0, 0.05) is 60.2 Å². The van der Waals surface area contributed by atoms with Gasteiger partial charge >= 0.3 is 0 Å². The Kier molecular flexibility index (Phi) is 7.51. The number of nitro benzene ring substituents is 1. The zero-order chi connectivity index (χ0) is 25.0. The topological polar surface area (TPSA) is 108 Å². The van der Waals surface area contributed by atoms with Gasteiger partial charge in [0.2, 0.25) is 5.91 Å². The zero-order valence-electron chi connectivity index (χ0n) is 19.8. The third-order valence-corrected chi connectivity index (χ3v) is 5.80. The second-order valence-corrected chi connectivity index (χ2v) is 9.65. The van der Waals surface area contributed by atoms with E-state index >= 15 is 0 Å². The maximum absolute atomic E-state index is 12.5. The molecule has 1 aliphatic rings. The number of thiocarbonyl (C=S) groups is 1. The largest absolute Gasteiger partial charge is 0.368 e. The lowest BCUT2D eigenvalue weighted by atomic mass is 9.94. The fraction of sp³-hybridized carbons (Fsp3) is 0.375. The Morgan fingerprint density at radius 2 is 1.65 bits per heavy atom. The zero-order valence-corrected chi connectivity index (χ0v) is 20.6. The minimum Gasteiger partial charge on any atom is -0.368 e. The minimum atomic E-state index is -0.528. The van der Waals surface area contributed by atoms with Crippen LogP contribution in [0.1, 0.15) is 36.7 Å². The summed E-state index contributed by atoms with van der Waals surface area (Å²) >= 11 is 5.22. The van der Waals surface area contributed by atoms with Crippen LogP contribution in [0.3, 0.4) is 0 Å². The van der Waals surface area contributed by atoms with E-state index in [2.05, 4.69) is 15.5 Å². The van der Waals surface area contributed by atoms with Gasteiger partial charge in [-0.1, -0.05) is 26.8 Å². The summed E-state index contributed by atoms with van der Waals surface area (Å²) in [6, 6.07) is 11.9. The van der Waals surface area contributed by atoms with Gasteiger partial charge in [-0.05, 0) is 49.5 Å². The van der Waals surface area contributed by atoms with E-state index < -0.39 is 10.8 Å². The van der Waals surface area contributed by atoms with Gasteiger partial charge in [0.1, 0.15) is 0 Å². The highest BCUT2D eigenvalue weighted by Crippen LogP contribution is 2.23. The van der Waals surface area contributed by atoms with Crippen LogP contribution in [0.2, 0.25) is 0 Å². The van der Waals surface area contributed by atoms with Crippen LogP contribution in [0.4, 0.5) is 17.1 Å². The molecule has 0 radical (unpaired) electrons. The number of amides is 2. The number of aryl methyl sites for hydroxylation is 1. The SMILES string of the molecule is Cc1ccc(C(=O)NC(=S)Nc2ccc(N3CCN(C(=O)C(C)(C)C)CC3)cc2)cc1[N+](=O)[O-]. The summed E-state index contributed by atoms with van der Waals surface area (Å²) in [6.45, 7) is 10.3. The summed E-state index contributed by atoms with van der Waals surface area (Å²) in [5.74, 6) is -0.359. The Hall–Kier alpha value is -3.53. The monoisotopic (exact) mass is 483 g/mol. The minimum absolute atomic E-state index is 0.0929. The predicted octanol–water partition coefficient (Wildman–Crippen LogP) is 3.72. The van der Waals surface area contributed by atoms with Crippen LogP contribution in [-0.2, 0) is 4.79 Å². The molecule has 1 aliphatic heterocycles. The molecule has 2 aromatic rings. The predicted molar refractivity (Wildman–Crippen MR) is 136 cm³/mol. The molecule has 9 nitrogen and oxygen atoms in total. The van der Waals surface area contributed by atoms with Gasteiger partial charge in [-0.3, -0.25) is 25.0 Å². The first-order chi connectivity index (χ1) is 16.0. The quantitative estimate of drug-likeness (QED) is 0.388. The average molecular weight is 484 g/mol. The van der Waals surface area contributed by atoms with Gasteiger partial charge in [-0.25, -0.2) is 0 Å². The van der Waals surface area contributed by atoms with Gasteiger partial charge in [0.15, 0.2) is 5.11 Å². The van der Waals surface area contributed by atoms with E-state index in [1.54, 1.807) is 6.92 Å². The fourth-order valence-corrected chi connectivity index (χ4v) is 3.89. The normalized spacial score (nSPS) is 13.9. The van der Waals surface area contributed by atoms with Crippen molar-refractivity contribution in [2.75, 3.05) is 36.4 Å². The van der Waals surface area contributed by atoms with Crippen molar-refractivity contribution >= 4 is 46.2 Å². The van der Waals surface area contributed by atoms with Crippen molar-refractivity contribution in [2.24, 2.45) is 5.41 Å². The average Bonchev–Trinajstić information content (AvgIpc) is 2.78. The smallest absolute Gasteiger partial charge is 0.273 e. The maximum atomic E-state index is 12.5. The third kappa shape index (κ3) is 6.07. The number of piperazine rings is 1. The molecular weight excluding hydrogens is 454 g/mol. The molecule has 2 N–H and O–H groups in total. The molecule has 0 aliphatic carbocycles. The summed E-state index contributed by atoms with van der Waals surface area (Å²) in [4.78, 5) is 39.6. The molecule has 0 atom stereocenters. The summed E-state index contributed by atoms with van der Waals surface area (Å²) in [5, 5.41) is 16.7. The molecule has 0 unspecified atom stereocenters. The standard InChI is InChI=1S/C24H29N5O4S/c1-16-5-6-17(15-20(16)29(32)33)21(30)26-23(34)25-18-7-9-19(10-8-18)27-11-13-28(14-12-27)22(31)24(2,3)4/h5-10,15H,11-14H2,1-4H3,(H2,25,26,30,34). The number of carbonyl (C=O) groups is 2. The lowest BCUT2D eigenvalue weighted by Crippen LogP contribution is -2.51. The Balaban J connectivity index is 1.54. The maximum Gasteiger partial charge on any atom is 0.273 e. The van der Waals surface area contributed by atoms with Gasteiger partial charge in [-0.2, -0.15) is 0 Å². The first kappa shape index (κ1) is 25.1. The Bertz CT molecular complexity index is 1100. The number of anilines is 2. The molecule has 0 bridgehead atoms. The number of carbonyl (C=O) groups excluding carboxylic acids is 2. The van der Waals surface area contributed by atoms with E-state index in [4.69, 9.17) is 12.2 Å². The van der Waals surface area contributed by atoms with Gasteiger partial charge in [0.25, 0.3) is 11.6 Å². The van der Waals surface area contributed by atoms with Crippen molar-refractivity contribution in [3.63, 3.8) is 0 Å². The highest BCUT2D eigenvalue weighted by molar-refractivity contribution is 7.80. The third-order valence-electron chi connectivity index (χ3n) is 5.59. The lowest BCUT2D eigenvalue weighted by molar-refractivity contribution is -0.385. The number of nitrogens with one attached hydrogen (secondary N) is 2. The van der Waals surface area contributed by atoms with Gasteiger partial charge in [0.05, 0.1) is 4.92 Å². The van der Waals surface area contributed by atoms with E-state index in [-0.39, 0.29) is 27.7 Å². The van der Waals surface area contributed by atoms with Crippen molar-refractivity contribution in [1.29, 1.82) is 0 Å². The highest BCUT2D eigenvalue weighted by atomic mass is 32.1. The molecule has 0 saturated carbocycles. The summed E-state index contributed by atoms with van der Waals surface area (Å²) in [5.41, 5.74) is 1.87. The van der Waals surface area contributed by atoms with Crippen molar-refractivity contribution < 1.29 is 14.5 Å². The summed E-state index contributed by atoms with van der Waals surface area (Å²) in [7, 11) is 0. The van der Waals surface area contributed by atoms with Crippen LogP contribution in [0, 0.1) is 22.5 Å². The summed E-state index contributed by atoms with van der Waals surface area (Å²) < 4.78 is 0. The molecule has 10 heteroatoms. The number of nitrogens with zero attached hydrogens (tertiary/aromatic N) is 3. The fourth-order valence-electron chi connectivity index (χ4n) is 3.68. The number of hydrogen-bond acceptors (Lipinski definition) is 6. The number of rotatable bonds is 4. The highest BCUT2D eigenvalue weighted by Gasteiger charge is 2.29. The molecule has 3 rings (SSSR count). The number of nitro groups is 1. The molecular formula is C24H29N5O4S. The van der Waals surface area contributed by atoms with Crippen LogP contribution in [0.15, 0.2) is 42.5 Å². The van der Waals surface area contributed by atoms with Crippen LogP contribution < -0.4 is 15.5 Å². The molecule has 0 spiro atoms. The van der Waals surface area contributed by atoms with Crippen molar-refractivity contribution in [3.8, 4) is 0 Å². The number of benzene rings is 2. The second kappa shape index (κ2) is 10.2. The van der Waals surface area contributed by atoms with Crippen molar-refractivity contribution in [2.45, 2.75) is 27.7 Å². The van der Waals surface area contributed by atoms with E-state index in [1.807, 2.05) is 49.9 Å². The molecule has 2 amide bonds. The molecule has 1 heterocycles. The molecule has 34 heavy (non-hydrogen) atoms. The van der Waals surface area contributed by atoms with E-state index in [0.29, 0.717) is 24.3 Å². The Morgan fingerprint density at radius 1 is 1.03 bits per heavy atom. The molecule has 180 valence electrons. The molecule has 1 fully saturated rings. The molecule has 0 aromatic heterocycles. The molecule has 1 saturated heterocycles. The van der Waals surface area contributed by atoms with Crippen LogP contribution in [0.5, 0.6) is 0 Å². The van der Waals surface area contributed by atoms with E-state index in [1.165, 1.54) is 18.2 Å². The van der Waals surface area contributed by atoms with Crippen LogP contribution in [-0.4, -0.2) is 52.9 Å². The van der Waals surface area contributed by atoms with Gasteiger partial charge in [-0.15, -0.1) is 0 Å². The van der Waals surface area contributed by atoms with E-state index in [0.717, 1.165) is 18.8 Å². The van der Waals surface area contributed by atoms with Crippen molar-refractivity contribution in [1.82, 2.24) is 10.2 Å². The van der Waals surface area contributed by atoms with E-state index in [9.17, 15) is 19.7 Å². The summed E-state index contributed by atoms with van der Waals surface area (Å²) in [6.07, 6.45) is 0. The second-order valence-electron chi connectivity index (χ2n) is 9.24. The van der Waals surface area contributed by atoms with Crippen molar-refractivity contribution in [3.05, 3.63) is 63.7 Å². The first-order valence-corrected chi connectivity index (χ1v) is 11.4. The van der Waals surface area contributed by atoms with Gasteiger partial charge < -0.3 is 15.1 Å². The molecule has 2 aromatic carbocycles. The first-order valence-electron chi connectivity index (χ1n) is 11.0. The lowest BCUT2D eigenvalue weighted by Gasteiger charge is -2.38. The van der Waals surface area contributed by atoms with Crippen LogP contribution in [0.25, 0.3) is 0 Å². The Morgan fingerprint density at radius 3 is 2.21 bits per heavy atom. The number of hydrogen-bond donors (Lipinski definition) is 2. The Labute approximate surface area is 204 Å².